The number of benzene rings is 1. The van der Waals surface area contributed by atoms with Gasteiger partial charge in [0.1, 0.15) is 0 Å². The molecule has 1 amide bonds. The molecule has 0 saturated carbocycles. The zero-order chi connectivity index (χ0) is 13.8. The van der Waals surface area contributed by atoms with Gasteiger partial charge in [0.15, 0.2) is 0 Å². The number of nitrogens with one attached hydrogen (secondary N) is 1. The van der Waals surface area contributed by atoms with Gasteiger partial charge in [0.05, 0.1) is 17.7 Å². The smallest absolute Gasteiger partial charge is 0.359 e. The van der Waals surface area contributed by atoms with Crippen molar-refractivity contribution < 1.29 is 19.1 Å². The Labute approximate surface area is 110 Å². The summed E-state index contributed by atoms with van der Waals surface area (Å²) < 4.78 is 9.53. The molecular formula is C12H14ClNO4. The first-order chi connectivity index (χ1) is 8.44. The highest BCUT2D eigenvalue weighted by Crippen LogP contribution is 2.16. The summed E-state index contributed by atoms with van der Waals surface area (Å²) in [7, 11) is 2.51. The van der Waals surface area contributed by atoms with Crippen molar-refractivity contribution in [3.63, 3.8) is 0 Å². The van der Waals surface area contributed by atoms with Crippen LogP contribution in [-0.2, 0) is 14.3 Å². The van der Waals surface area contributed by atoms with E-state index in [9.17, 15) is 9.59 Å². The number of hydrogen-bond acceptors (Lipinski definition) is 4. The van der Waals surface area contributed by atoms with Crippen molar-refractivity contribution in [3.8, 4) is 0 Å². The maximum Gasteiger partial charge on any atom is 0.359 e. The van der Waals surface area contributed by atoms with Crippen LogP contribution in [0, 0.1) is 0 Å². The van der Waals surface area contributed by atoms with Gasteiger partial charge in [-0.2, -0.15) is 0 Å². The molecule has 1 N–H and O–H groups in total. The normalized spacial score (nSPS) is 13.6. The number of ether oxygens (including phenoxy) is 2. The van der Waals surface area contributed by atoms with Gasteiger partial charge in [-0.05, 0) is 19.1 Å². The van der Waals surface area contributed by atoms with Gasteiger partial charge in [0.25, 0.3) is 5.91 Å². The van der Waals surface area contributed by atoms with Crippen LogP contribution in [0.1, 0.15) is 17.3 Å². The molecule has 1 rings (SSSR count). The third kappa shape index (κ3) is 3.00. The quantitative estimate of drug-likeness (QED) is 0.667. The fourth-order valence-corrected chi connectivity index (χ4v) is 1.53. The summed E-state index contributed by atoms with van der Waals surface area (Å²) >= 11 is 5.89. The number of carbonyl (C=O) groups excluding carboxylic acids is 2. The van der Waals surface area contributed by atoms with Gasteiger partial charge < -0.3 is 14.8 Å². The minimum atomic E-state index is -1.55. The van der Waals surface area contributed by atoms with Gasteiger partial charge in [-0.15, -0.1) is 0 Å². The molecule has 5 nitrogen and oxygen atoms in total. The summed E-state index contributed by atoms with van der Waals surface area (Å²) in [6.07, 6.45) is 0. The molecule has 0 bridgehead atoms. The van der Waals surface area contributed by atoms with Crippen LogP contribution in [0.5, 0.6) is 0 Å². The van der Waals surface area contributed by atoms with E-state index in [0.29, 0.717) is 5.02 Å². The second-order valence-electron chi connectivity index (χ2n) is 3.66. The van der Waals surface area contributed by atoms with E-state index >= 15 is 0 Å². The molecular weight excluding hydrogens is 258 g/mol. The lowest BCUT2D eigenvalue weighted by molar-refractivity contribution is -0.166. The monoisotopic (exact) mass is 271 g/mol. The molecule has 6 heteroatoms. The van der Waals surface area contributed by atoms with Crippen molar-refractivity contribution in [1.82, 2.24) is 5.32 Å². The highest BCUT2D eigenvalue weighted by molar-refractivity contribution is 6.33. The van der Waals surface area contributed by atoms with Crippen molar-refractivity contribution in [2.24, 2.45) is 0 Å². The third-order valence-corrected chi connectivity index (χ3v) is 2.78. The number of halogens is 1. The van der Waals surface area contributed by atoms with Crippen LogP contribution in [0.2, 0.25) is 5.02 Å². The Morgan fingerprint density at radius 2 is 1.89 bits per heavy atom. The molecule has 98 valence electrons. The molecule has 0 saturated heterocycles. The van der Waals surface area contributed by atoms with Gasteiger partial charge in [-0.3, -0.25) is 4.79 Å². The maximum atomic E-state index is 12.0. The molecule has 0 fully saturated rings. The maximum absolute atomic E-state index is 12.0. The lowest BCUT2D eigenvalue weighted by atomic mass is 10.2. The third-order valence-electron chi connectivity index (χ3n) is 2.45. The van der Waals surface area contributed by atoms with Gasteiger partial charge >= 0.3 is 5.97 Å². The molecule has 0 aliphatic carbocycles. The summed E-state index contributed by atoms with van der Waals surface area (Å²) in [4.78, 5) is 23.5. The van der Waals surface area contributed by atoms with Gasteiger partial charge in [0.2, 0.25) is 5.72 Å². The fourth-order valence-electron chi connectivity index (χ4n) is 1.31. The first kappa shape index (κ1) is 14.5. The molecule has 0 aromatic heterocycles. The second kappa shape index (κ2) is 5.84. The van der Waals surface area contributed by atoms with Crippen molar-refractivity contribution in [2.45, 2.75) is 12.6 Å². The molecule has 0 radical (unpaired) electrons. The highest BCUT2D eigenvalue weighted by atomic mass is 35.5. The molecule has 1 atom stereocenters. The van der Waals surface area contributed by atoms with E-state index in [0.717, 1.165) is 0 Å². The highest BCUT2D eigenvalue weighted by Gasteiger charge is 2.36. The largest absolute Gasteiger partial charge is 0.465 e. The zero-order valence-corrected chi connectivity index (χ0v) is 11.1. The number of rotatable bonds is 4. The van der Waals surface area contributed by atoms with Crippen LogP contribution < -0.4 is 5.32 Å². The Morgan fingerprint density at radius 3 is 2.39 bits per heavy atom. The second-order valence-corrected chi connectivity index (χ2v) is 4.07. The Bertz CT molecular complexity index is 463. The molecule has 1 unspecified atom stereocenters. The van der Waals surface area contributed by atoms with E-state index < -0.39 is 17.6 Å². The van der Waals surface area contributed by atoms with Crippen LogP contribution in [0.3, 0.4) is 0 Å². The van der Waals surface area contributed by atoms with E-state index in [1.165, 1.54) is 21.1 Å². The molecule has 0 aliphatic heterocycles. The Morgan fingerprint density at radius 1 is 1.28 bits per heavy atom. The predicted molar refractivity (Wildman–Crippen MR) is 66.3 cm³/mol. The number of hydrogen-bond donors (Lipinski definition) is 1. The summed E-state index contributed by atoms with van der Waals surface area (Å²) in [5, 5.41) is 2.72. The van der Waals surface area contributed by atoms with E-state index in [1.54, 1.807) is 24.3 Å². The van der Waals surface area contributed by atoms with Crippen LogP contribution in [0.25, 0.3) is 0 Å². The van der Waals surface area contributed by atoms with E-state index in [2.05, 4.69) is 10.1 Å². The summed E-state index contributed by atoms with van der Waals surface area (Å²) in [5.41, 5.74) is -1.29. The Balaban J connectivity index is 2.93. The lowest BCUT2D eigenvalue weighted by Gasteiger charge is -2.26. The zero-order valence-electron chi connectivity index (χ0n) is 10.3. The molecule has 1 aromatic rings. The number of methoxy groups -OCH3 is 2. The molecule has 0 heterocycles. The Hall–Kier alpha value is -1.59. The van der Waals surface area contributed by atoms with Crippen LogP contribution in [0.4, 0.5) is 0 Å². The first-order valence-electron chi connectivity index (χ1n) is 5.15. The summed E-state index contributed by atoms with van der Waals surface area (Å²) in [6, 6.07) is 6.50. The summed E-state index contributed by atoms with van der Waals surface area (Å²) in [5.74, 6) is -1.22. The Kier molecular flexibility index (Phi) is 4.69. The van der Waals surface area contributed by atoms with Crippen molar-refractivity contribution in [3.05, 3.63) is 34.9 Å². The van der Waals surface area contributed by atoms with Crippen LogP contribution in [-0.4, -0.2) is 31.8 Å². The lowest BCUT2D eigenvalue weighted by Crippen LogP contribution is -2.54. The summed E-state index contributed by atoms with van der Waals surface area (Å²) in [6.45, 7) is 1.40. The van der Waals surface area contributed by atoms with Gasteiger partial charge in [-0.1, -0.05) is 23.7 Å². The minimum Gasteiger partial charge on any atom is -0.465 e. The molecule has 1 aromatic carbocycles. The molecule has 0 spiro atoms. The molecule has 18 heavy (non-hydrogen) atoms. The fraction of sp³-hybridized carbons (Fsp3) is 0.333. The van der Waals surface area contributed by atoms with Gasteiger partial charge in [-0.25, -0.2) is 4.79 Å². The topological polar surface area (TPSA) is 64.6 Å². The minimum absolute atomic E-state index is 0.256. The standard InChI is InChI=1S/C12H14ClNO4/c1-12(18-3,11(16)17-2)14-10(15)8-6-4-5-7-9(8)13/h4-7H,1-3H3,(H,14,15). The number of amides is 1. The van der Waals surface area contributed by atoms with E-state index in [-0.39, 0.29) is 5.56 Å². The SMILES string of the molecule is COC(=O)C(C)(NC(=O)c1ccccc1Cl)OC. The predicted octanol–water partition coefficient (Wildman–Crippen LogP) is 1.61. The first-order valence-corrected chi connectivity index (χ1v) is 5.53. The average Bonchev–Trinajstić information content (AvgIpc) is 2.37. The molecule has 0 aliphatic rings. The van der Waals surface area contributed by atoms with E-state index in [4.69, 9.17) is 16.3 Å². The van der Waals surface area contributed by atoms with Gasteiger partial charge in [0, 0.05) is 7.11 Å². The van der Waals surface area contributed by atoms with Crippen molar-refractivity contribution >= 4 is 23.5 Å². The van der Waals surface area contributed by atoms with E-state index in [1.807, 2.05) is 0 Å². The van der Waals surface area contributed by atoms with Crippen LogP contribution in [0.15, 0.2) is 24.3 Å². The van der Waals surface area contributed by atoms with Crippen LogP contribution >= 0.6 is 11.6 Å². The average molecular weight is 272 g/mol. The number of carbonyl (C=O) groups is 2. The number of esters is 1. The van der Waals surface area contributed by atoms with Crippen molar-refractivity contribution in [2.75, 3.05) is 14.2 Å². The van der Waals surface area contributed by atoms with Crippen molar-refractivity contribution in [1.29, 1.82) is 0 Å².